The third-order valence-electron chi connectivity index (χ3n) is 4.90. The molecule has 30 heavy (non-hydrogen) atoms. The van der Waals surface area contributed by atoms with Crippen molar-refractivity contribution in [2.45, 2.75) is 0 Å². The van der Waals surface area contributed by atoms with Crippen LogP contribution in [0.1, 0.15) is 20.7 Å². The van der Waals surface area contributed by atoms with Crippen molar-refractivity contribution >= 4 is 23.4 Å². The summed E-state index contributed by atoms with van der Waals surface area (Å²) in [5, 5.41) is 2.15. The fraction of sp³-hybridized carbons (Fsp3) is 0.0500. The van der Waals surface area contributed by atoms with Crippen LogP contribution in [0.4, 0.5) is 5.82 Å². The number of nitrogen functional groups attached to an aromatic ring is 1. The Hall–Kier alpha value is -4.47. The highest BCUT2D eigenvalue weighted by Crippen LogP contribution is 2.31. The summed E-state index contributed by atoms with van der Waals surface area (Å²) >= 11 is 0. The molecule has 3 N–H and O–H groups in total. The molecule has 5 rings (SSSR count). The van der Waals surface area contributed by atoms with Crippen LogP contribution < -0.4 is 21.3 Å². The van der Waals surface area contributed by atoms with Gasteiger partial charge in [-0.15, -0.1) is 0 Å². The fourth-order valence-corrected chi connectivity index (χ4v) is 3.52. The minimum atomic E-state index is -0.650. The number of carbonyl (C=O) groups excluding carboxylic acids is 2. The number of aromatic nitrogens is 4. The second kappa shape index (κ2) is 6.27. The Kier molecular flexibility index (Phi) is 3.68. The van der Waals surface area contributed by atoms with E-state index in [1.807, 2.05) is 6.20 Å². The van der Waals surface area contributed by atoms with Crippen LogP contribution >= 0.6 is 0 Å². The number of nitrogens with one attached hydrogen (secondary N) is 1. The van der Waals surface area contributed by atoms with Crippen LogP contribution in [0.5, 0.6) is 5.75 Å². The highest BCUT2D eigenvalue weighted by atomic mass is 16.5. The first-order valence-electron chi connectivity index (χ1n) is 8.87. The highest BCUT2D eigenvalue weighted by molar-refractivity contribution is 6.23. The Balaban J connectivity index is 1.75. The molecule has 0 bridgehead atoms. The predicted octanol–water partition coefficient (Wildman–Crippen LogP) is 1.02. The molecule has 0 saturated heterocycles. The molecule has 148 valence electrons. The summed E-state index contributed by atoms with van der Waals surface area (Å²) in [5.74, 6) is -0.562. The van der Waals surface area contributed by atoms with Crippen molar-refractivity contribution in [1.29, 1.82) is 0 Å². The van der Waals surface area contributed by atoms with E-state index in [1.165, 1.54) is 7.11 Å². The maximum Gasteiger partial charge on any atom is 0.262 e. The average molecular weight is 402 g/mol. The molecule has 10 heteroatoms. The summed E-state index contributed by atoms with van der Waals surface area (Å²) in [4.78, 5) is 45.6. The monoisotopic (exact) mass is 402 g/mol. The van der Waals surface area contributed by atoms with Crippen LogP contribution in [0.15, 0.2) is 53.7 Å². The van der Waals surface area contributed by atoms with Crippen LogP contribution in [0, 0.1) is 0 Å². The van der Waals surface area contributed by atoms with E-state index in [1.54, 1.807) is 41.1 Å². The summed E-state index contributed by atoms with van der Waals surface area (Å²) in [7, 11) is 1.46. The van der Waals surface area contributed by atoms with Gasteiger partial charge in [-0.2, -0.15) is 0 Å². The van der Waals surface area contributed by atoms with Crippen molar-refractivity contribution in [1.82, 2.24) is 24.3 Å². The van der Waals surface area contributed by atoms with Gasteiger partial charge in [-0.25, -0.2) is 9.97 Å². The molecular weight excluding hydrogens is 388 g/mol. The number of hydrogen-bond acceptors (Lipinski definition) is 7. The molecule has 0 aliphatic carbocycles. The van der Waals surface area contributed by atoms with Gasteiger partial charge in [0.25, 0.3) is 17.4 Å². The summed E-state index contributed by atoms with van der Waals surface area (Å²) in [6, 6.07) is 8.02. The number of fused-ring (bicyclic) bond motifs is 2. The Labute approximate surface area is 168 Å². The number of carbonyl (C=O) groups is 2. The summed E-state index contributed by atoms with van der Waals surface area (Å²) in [6.07, 6.45) is 5.26. The van der Waals surface area contributed by atoms with Gasteiger partial charge in [-0.3, -0.25) is 28.7 Å². The number of nitrogens with two attached hydrogens (primary N) is 1. The van der Waals surface area contributed by atoms with Crippen molar-refractivity contribution in [3.8, 4) is 22.7 Å². The number of imide groups is 1. The van der Waals surface area contributed by atoms with E-state index in [9.17, 15) is 14.4 Å². The highest BCUT2D eigenvalue weighted by Gasteiger charge is 2.32. The number of benzene rings is 1. The smallest absolute Gasteiger partial charge is 0.262 e. The van der Waals surface area contributed by atoms with E-state index in [-0.39, 0.29) is 16.9 Å². The molecule has 0 saturated carbocycles. The number of rotatable bonds is 3. The minimum Gasteiger partial charge on any atom is -0.495 e. The van der Waals surface area contributed by atoms with Gasteiger partial charge in [0.05, 0.1) is 29.6 Å². The lowest BCUT2D eigenvalue weighted by molar-refractivity contribution is 0.0880. The number of amides is 2. The predicted molar refractivity (Wildman–Crippen MR) is 107 cm³/mol. The van der Waals surface area contributed by atoms with Crippen LogP contribution in [0.3, 0.4) is 0 Å². The van der Waals surface area contributed by atoms with Crippen molar-refractivity contribution in [2.24, 2.45) is 0 Å². The van der Waals surface area contributed by atoms with Gasteiger partial charge in [0.1, 0.15) is 11.6 Å². The normalized spacial score (nSPS) is 12.8. The van der Waals surface area contributed by atoms with E-state index >= 15 is 0 Å². The van der Waals surface area contributed by atoms with Crippen molar-refractivity contribution < 1.29 is 14.3 Å². The molecular formula is C20H14N6O4. The standard InChI is InChI=1S/C20H14N6O4/c1-30-14-4-3-10(12-9-25-6-2-5-22-20(25)23-12)7-13(14)26-15(27)8-11-16(17(26)21)19(29)24-18(11)28/h2-9H,21H2,1H3,(H,24,28,29). The van der Waals surface area contributed by atoms with Gasteiger partial charge in [0, 0.05) is 30.2 Å². The topological polar surface area (TPSA) is 134 Å². The van der Waals surface area contributed by atoms with Crippen LogP contribution in [-0.2, 0) is 0 Å². The Bertz CT molecular complexity index is 1400. The van der Waals surface area contributed by atoms with Gasteiger partial charge in [0.15, 0.2) is 0 Å². The lowest BCUT2D eigenvalue weighted by Gasteiger charge is -2.16. The summed E-state index contributed by atoms with van der Waals surface area (Å²) in [6.45, 7) is 0. The molecule has 4 heterocycles. The number of nitrogens with zero attached hydrogens (tertiary/aromatic N) is 4. The molecule has 0 spiro atoms. The third-order valence-corrected chi connectivity index (χ3v) is 4.90. The summed E-state index contributed by atoms with van der Waals surface area (Å²) in [5.41, 5.74) is 7.14. The largest absolute Gasteiger partial charge is 0.495 e. The molecule has 2 amide bonds. The van der Waals surface area contributed by atoms with Crippen molar-refractivity contribution in [3.63, 3.8) is 0 Å². The minimum absolute atomic E-state index is 0.0380. The van der Waals surface area contributed by atoms with E-state index < -0.39 is 17.4 Å². The molecule has 0 fully saturated rings. The van der Waals surface area contributed by atoms with Crippen LogP contribution in [-0.4, -0.2) is 37.9 Å². The summed E-state index contributed by atoms with van der Waals surface area (Å²) < 4.78 is 8.32. The maximum atomic E-state index is 12.8. The van der Waals surface area contributed by atoms with Crippen molar-refractivity contribution in [2.75, 3.05) is 12.8 Å². The molecule has 10 nitrogen and oxygen atoms in total. The lowest BCUT2D eigenvalue weighted by atomic mass is 10.1. The number of methoxy groups -OCH3 is 1. The van der Waals surface area contributed by atoms with Gasteiger partial charge in [-0.05, 0) is 24.3 Å². The van der Waals surface area contributed by atoms with Crippen LogP contribution in [0.2, 0.25) is 0 Å². The number of pyridine rings is 1. The van der Waals surface area contributed by atoms with Gasteiger partial charge >= 0.3 is 0 Å². The fourth-order valence-electron chi connectivity index (χ4n) is 3.52. The Morgan fingerprint density at radius 2 is 1.97 bits per heavy atom. The number of imidazole rings is 1. The SMILES string of the molecule is COc1ccc(-c2cn3cccnc3n2)cc1-n1c(N)c2c(cc1=O)C(=O)NC2=O. The number of ether oxygens (including phenoxy) is 1. The molecule has 0 unspecified atom stereocenters. The van der Waals surface area contributed by atoms with Gasteiger partial charge < -0.3 is 10.5 Å². The first-order valence-corrected chi connectivity index (χ1v) is 8.87. The Morgan fingerprint density at radius 3 is 2.73 bits per heavy atom. The zero-order valence-electron chi connectivity index (χ0n) is 15.6. The zero-order chi connectivity index (χ0) is 21.0. The zero-order valence-corrected chi connectivity index (χ0v) is 15.6. The first kappa shape index (κ1) is 17.6. The quantitative estimate of drug-likeness (QED) is 0.489. The van der Waals surface area contributed by atoms with E-state index in [0.717, 1.165) is 10.6 Å². The van der Waals surface area contributed by atoms with Crippen LogP contribution in [0.25, 0.3) is 22.7 Å². The number of hydrogen-bond donors (Lipinski definition) is 2. The molecule has 0 atom stereocenters. The average Bonchev–Trinajstić information content (AvgIpc) is 3.28. The van der Waals surface area contributed by atoms with Gasteiger partial charge in [0.2, 0.25) is 5.78 Å². The number of anilines is 1. The second-order valence-electron chi connectivity index (χ2n) is 6.61. The Morgan fingerprint density at radius 1 is 1.13 bits per heavy atom. The molecule has 4 aromatic rings. The van der Waals surface area contributed by atoms with Crippen molar-refractivity contribution in [3.05, 3.63) is 70.4 Å². The third kappa shape index (κ3) is 2.47. The molecule has 1 aliphatic heterocycles. The maximum absolute atomic E-state index is 12.8. The molecule has 1 aliphatic rings. The lowest BCUT2D eigenvalue weighted by Crippen LogP contribution is -2.24. The second-order valence-corrected chi connectivity index (χ2v) is 6.61. The molecule has 1 aromatic carbocycles. The van der Waals surface area contributed by atoms with E-state index in [2.05, 4.69) is 15.3 Å². The first-order chi connectivity index (χ1) is 14.5. The van der Waals surface area contributed by atoms with E-state index in [4.69, 9.17) is 10.5 Å². The van der Waals surface area contributed by atoms with E-state index in [0.29, 0.717) is 28.5 Å². The molecule has 3 aromatic heterocycles. The van der Waals surface area contributed by atoms with Gasteiger partial charge in [-0.1, -0.05) is 0 Å². The molecule has 0 radical (unpaired) electrons.